The minimum atomic E-state index is -1.43. The average Bonchev–Trinajstić information content (AvgIpc) is 2.74. The van der Waals surface area contributed by atoms with Gasteiger partial charge in [0, 0.05) is 16.3 Å². The number of aryl methyl sites for hydroxylation is 3. The van der Waals surface area contributed by atoms with Crippen LogP contribution in [0.1, 0.15) is 16.7 Å². The SMILES string of the molecule is Cc1cc(C)c(-c2nnc(S[C@@H]3O[C@H](CO)[C@@H](O)[C@H](O)[C@H]3O)c3ccccc23)c(C)c1. The van der Waals surface area contributed by atoms with Gasteiger partial charge in [0.15, 0.2) is 0 Å². The molecule has 0 amide bonds. The summed E-state index contributed by atoms with van der Waals surface area (Å²) >= 11 is 1.11. The molecule has 1 aliphatic rings. The molecule has 7 nitrogen and oxygen atoms in total. The highest BCUT2D eigenvalue weighted by Crippen LogP contribution is 2.38. The Kier molecular flexibility index (Phi) is 6.30. The van der Waals surface area contributed by atoms with E-state index >= 15 is 0 Å². The van der Waals surface area contributed by atoms with Crippen molar-refractivity contribution in [1.82, 2.24) is 10.2 Å². The molecule has 8 heteroatoms. The molecular formula is C23H26N2O5S. The Morgan fingerprint density at radius 1 is 0.903 bits per heavy atom. The van der Waals surface area contributed by atoms with E-state index < -0.39 is 36.5 Å². The quantitative estimate of drug-likeness (QED) is 0.486. The molecule has 0 bridgehead atoms. The third-order valence-corrected chi connectivity index (χ3v) is 6.79. The van der Waals surface area contributed by atoms with Gasteiger partial charge >= 0.3 is 0 Å². The van der Waals surface area contributed by atoms with Crippen LogP contribution in [0.2, 0.25) is 0 Å². The first-order chi connectivity index (χ1) is 14.8. The minimum absolute atomic E-state index is 0.473. The standard InChI is InChI=1S/C23H26N2O5S/c1-11-8-12(2)17(13(3)9-11)18-14-6-4-5-7-15(14)22(25-24-18)31-23-21(29)20(28)19(27)16(10-26)30-23/h4-9,16,19-21,23,26-29H,10H2,1-3H3/t16-,19-,20+,21-,23+/m1/s1. The van der Waals surface area contributed by atoms with Crippen molar-refractivity contribution in [3.8, 4) is 11.3 Å². The van der Waals surface area contributed by atoms with Crippen LogP contribution in [0.3, 0.4) is 0 Å². The monoisotopic (exact) mass is 442 g/mol. The first kappa shape index (κ1) is 22.1. The molecule has 4 N–H and O–H groups in total. The Balaban J connectivity index is 1.76. The highest BCUT2D eigenvalue weighted by atomic mass is 32.2. The zero-order chi connectivity index (χ0) is 22.3. The molecule has 1 aromatic heterocycles. The van der Waals surface area contributed by atoms with Gasteiger partial charge in [0.2, 0.25) is 0 Å². The number of nitrogens with zero attached hydrogens (tertiary/aromatic N) is 2. The van der Waals surface area contributed by atoms with E-state index in [1.54, 1.807) is 0 Å². The fraction of sp³-hybridized carbons (Fsp3) is 0.391. The van der Waals surface area contributed by atoms with Crippen molar-refractivity contribution in [2.75, 3.05) is 6.61 Å². The van der Waals surface area contributed by atoms with E-state index in [0.717, 1.165) is 44.9 Å². The number of fused-ring (bicyclic) bond motifs is 1. The van der Waals surface area contributed by atoms with Crippen LogP contribution in [-0.2, 0) is 4.74 Å². The van der Waals surface area contributed by atoms with Crippen LogP contribution < -0.4 is 0 Å². The Morgan fingerprint density at radius 3 is 2.19 bits per heavy atom. The van der Waals surface area contributed by atoms with E-state index in [-0.39, 0.29) is 0 Å². The third kappa shape index (κ3) is 4.07. The van der Waals surface area contributed by atoms with Crippen LogP contribution in [0.15, 0.2) is 41.4 Å². The Hall–Kier alpha value is -2.07. The van der Waals surface area contributed by atoms with Crippen molar-refractivity contribution < 1.29 is 25.2 Å². The van der Waals surface area contributed by atoms with E-state index in [2.05, 4.69) is 43.1 Å². The van der Waals surface area contributed by atoms with Gasteiger partial charge in [-0.2, -0.15) is 0 Å². The number of thioether (sulfide) groups is 1. The number of aliphatic hydroxyl groups excluding tert-OH is 4. The summed E-state index contributed by atoms with van der Waals surface area (Å²) in [7, 11) is 0. The van der Waals surface area contributed by atoms with E-state index in [1.165, 1.54) is 5.56 Å². The molecule has 0 spiro atoms. The third-order valence-electron chi connectivity index (χ3n) is 5.64. The van der Waals surface area contributed by atoms with E-state index in [0.29, 0.717) is 5.03 Å². The lowest BCUT2D eigenvalue weighted by molar-refractivity contribution is -0.205. The number of hydrogen-bond donors (Lipinski definition) is 4. The number of ether oxygens (including phenoxy) is 1. The Bertz CT molecular complexity index is 1080. The summed E-state index contributed by atoms with van der Waals surface area (Å²) < 4.78 is 5.63. The number of hydrogen-bond acceptors (Lipinski definition) is 8. The average molecular weight is 443 g/mol. The van der Waals surface area contributed by atoms with Crippen molar-refractivity contribution in [2.24, 2.45) is 0 Å². The summed E-state index contributed by atoms with van der Waals surface area (Å²) in [6.45, 7) is 5.71. The van der Waals surface area contributed by atoms with Gasteiger partial charge in [-0.05, 0) is 31.9 Å². The van der Waals surface area contributed by atoms with E-state index in [9.17, 15) is 20.4 Å². The Morgan fingerprint density at radius 2 is 1.55 bits per heavy atom. The normalized spacial score (nSPS) is 26.4. The first-order valence-corrected chi connectivity index (χ1v) is 11.0. The maximum absolute atomic E-state index is 10.4. The second-order valence-corrected chi connectivity index (χ2v) is 9.08. The molecule has 3 aromatic rings. The highest BCUT2D eigenvalue weighted by Gasteiger charge is 2.44. The van der Waals surface area contributed by atoms with Gasteiger partial charge in [0.1, 0.15) is 40.6 Å². The lowest BCUT2D eigenvalue weighted by atomic mass is 9.95. The Labute approximate surface area is 184 Å². The molecule has 1 aliphatic heterocycles. The smallest absolute Gasteiger partial charge is 0.138 e. The maximum Gasteiger partial charge on any atom is 0.138 e. The molecule has 1 fully saturated rings. The molecule has 0 aliphatic carbocycles. The maximum atomic E-state index is 10.4. The van der Waals surface area contributed by atoms with Crippen molar-refractivity contribution in [3.63, 3.8) is 0 Å². The van der Waals surface area contributed by atoms with Crippen molar-refractivity contribution in [1.29, 1.82) is 0 Å². The lowest BCUT2D eigenvalue weighted by Crippen LogP contribution is -2.57. The molecular weight excluding hydrogens is 416 g/mol. The largest absolute Gasteiger partial charge is 0.394 e. The van der Waals surface area contributed by atoms with Gasteiger partial charge in [0.25, 0.3) is 0 Å². The topological polar surface area (TPSA) is 116 Å². The fourth-order valence-electron chi connectivity index (χ4n) is 4.18. The fourth-order valence-corrected chi connectivity index (χ4v) is 5.29. The van der Waals surface area contributed by atoms with Crippen molar-refractivity contribution in [2.45, 2.75) is 55.6 Å². The summed E-state index contributed by atoms with van der Waals surface area (Å²) in [4.78, 5) is 0. The molecule has 0 radical (unpaired) electrons. The zero-order valence-corrected chi connectivity index (χ0v) is 18.4. The molecule has 31 heavy (non-hydrogen) atoms. The molecule has 4 rings (SSSR count). The second kappa shape index (κ2) is 8.82. The van der Waals surface area contributed by atoms with E-state index in [4.69, 9.17) is 4.74 Å². The summed E-state index contributed by atoms with van der Waals surface area (Å²) in [6, 6.07) is 12.0. The number of benzene rings is 2. The minimum Gasteiger partial charge on any atom is -0.394 e. The molecule has 0 unspecified atom stereocenters. The molecule has 2 aromatic carbocycles. The van der Waals surface area contributed by atoms with Gasteiger partial charge < -0.3 is 25.2 Å². The van der Waals surface area contributed by atoms with Crippen LogP contribution >= 0.6 is 11.8 Å². The van der Waals surface area contributed by atoms with Crippen LogP contribution in [-0.4, -0.2) is 67.1 Å². The predicted octanol–water partition coefficient (Wildman–Crippen LogP) is 2.11. The highest BCUT2D eigenvalue weighted by molar-refractivity contribution is 8.00. The van der Waals surface area contributed by atoms with Crippen molar-refractivity contribution >= 4 is 22.5 Å². The molecule has 0 saturated carbocycles. The summed E-state index contributed by atoms with van der Waals surface area (Å²) in [6.07, 6.45) is -5.13. The van der Waals surface area contributed by atoms with Crippen LogP contribution in [0.4, 0.5) is 0 Å². The number of aliphatic hydroxyl groups is 4. The first-order valence-electron chi connectivity index (χ1n) is 10.1. The van der Waals surface area contributed by atoms with Gasteiger partial charge in [-0.3, -0.25) is 0 Å². The second-order valence-electron chi connectivity index (χ2n) is 7.99. The molecule has 5 atom stereocenters. The van der Waals surface area contributed by atoms with Crippen LogP contribution in [0.25, 0.3) is 22.0 Å². The lowest BCUT2D eigenvalue weighted by Gasteiger charge is -2.39. The summed E-state index contributed by atoms with van der Waals surface area (Å²) in [5.41, 5.74) is 4.33. The number of aromatic nitrogens is 2. The van der Waals surface area contributed by atoms with Gasteiger partial charge in [-0.1, -0.05) is 53.7 Å². The molecule has 2 heterocycles. The van der Waals surface area contributed by atoms with Crippen molar-refractivity contribution in [3.05, 3.63) is 53.1 Å². The van der Waals surface area contributed by atoms with Gasteiger partial charge in [-0.15, -0.1) is 10.2 Å². The molecule has 1 saturated heterocycles. The van der Waals surface area contributed by atoms with Gasteiger partial charge in [0.05, 0.1) is 6.61 Å². The van der Waals surface area contributed by atoms with Crippen LogP contribution in [0.5, 0.6) is 0 Å². The van der Waals surface area contributed by atoms with Gasteiger partial charge in [-0.25, -0.2) is 0 Å². The number of rotatable bonds is 4. The summed E-state index contributed by atoms with van der Waals surface area (Å²) in [5.74, 6) is 0. The molecule has 164 valence electrons. The van der Waals surface area contributed by atoms with Crippen LogP contribution in [0, 0.1) is 20.8 Å². The predicted molar refractivity (Wildman–Crippen MR) is 119 cm³/mol. The zero-order valence-electron chi connectivity index (χ0n) is 17.6. The van der Waals surface area contributed by atoms with E-state index in [1.807, 2.05) is 24.3 Å². The summed E-state index contributed by atoms with van der Waals surface area (Å²) in [5, 5.41) is 51.2.